The number of carbonyl (C=O) groups excluding carboxylic acids is 1. The summed E-state index contributed by atoms with van der Waals surface area (Å²) in [5.74, 6) is -0.466. The lowest BCUT2D eigenvalue weighted by Crippen LogP contribution is -2.03. The van der Waals surface area contributed by atoms with Gasteiger partial charge in [-0.25, -0.2) is 4.39 Å². The summed E-state index contributed by atoms with van der Waals surface area (Å²) in [5.41, 5.74) is 0.242. The van der Waals surface area contributed by atoms with Crippen LogP contribution >= 0.6 is 0 Å². The molecule has 0 saturated carbocycles. The van der Waals surface area contributed by atoms with Gasteiger partial charge in [0, 0.05) is 13.7 Å². The molecule has 0 N–H and O–H groups in total. The summed E-state index contributed by atoms with van der Waals surface area (Å²) in [7, 11) is 1.63. The topological polar surface area (TPSA) is 35.5 Å². The molecule has 4 heteroatoms. The Bertz CT molecular complexity index is 339. The van der Waals surface area contributed by atoms with Gasteiger partial charge in [0.2, 0.25) is 0 Å². The van der Waals surface area contributed by atoms with Gasteiger partial charge in [-0.05, 0) is 25.0 Å². The standard InChI is InChI=1S/C12H15FO3/c1-15-7-2-3-8-16-12-10(9-14)5-4-6-11(12)13/h4-6,9H,2-3,7-8H2,1H3. The van der Waals surface area contributed by atoms with Gasteiger partial charge < -0.3 is 9.47 Å². The first-order valence-corrected chi connectivity index (χ1v) is 5.15. The highest BCUT2D eigenvalue weighted by molar-refractivity contribution is 5.79. The lowest BCUT2D eigenvalue weighted by Gasteiger charge is -2.08. The monoisotopic (exact) mass is 226 g/mol. The van der Waals surface area contributed by atoms with E-state index in [2.05, 4.69) is 0 Å². The number of rotatable bonds is 7. The van der Waals surface area contributed by atoms with Crippen molar-refractivity contribution in [2.45, 2.75) is 12.8 Å². The number of unbranched alkanes of at least 4 members (excludes halogenated alkanes) is 1. The minimum Gasteiger partial charge on any atom is -0.490 e. The summed E-state index contributed by atoms with van der Waals surface area (Å²) in [6.45, 7) is 1.03. The Kier molecular flexibility index (Phi) is 5.50. The van der Waals surface area contributed by atoms with Crippen LogP contribution in [0.2, 0.25) is 0 Å². The van der Waals surface area contributed by atoms with Crippen LogP contribution in [-0.4, -0.2) is 26.6 Å². The molecule has 0 saturated heterocycles. The largest absolute Gasteiger partial charge is 0.490 e. The van der Waals surface area contributed by atoms with Crippen molar-refractivity contribution in [1.29, 1.82) is 0 Å². The summed E-state index contributed by atoms with van der Waals surface area (Å²) in [6, 6.07) is 4.29. The van der Waals surface area contributed by atoms with Crippen LogP contribution in [0.15, 0.2) is 18.2 Å². The summed E-state index contributed by atoms with van der Waals surface area (Å²) >= 11 is 0. The molecule has 88 valence electrons. The number of carbonyl (C=O) groups is 1. The lowest BCUT2D eigenvalue weighted by molar-refractivity contribution is 0.111. The van der Waals surface area contributed by atoms with Crippen LogP contribution in [0.4, 0.5) is 4.39 Å². The van der Waals surface area contributed by atoms with Crippen molar-refractivity contribution in [2.75, 3.05) is 20.3 Å². The first-order valence-electron chi connectivity index (χ1n) is 5.15. The number of methoxy groups -OCH3 is 1. The van der Waals surface area contributed by atoms with Gasteiger partial charge in [-0.3, -0.25) is 4.79 Å². The molecule has 0 aliphatic carbocycles. The molecule has 0 aliphatic heterocycles. The van der Waals surface area contributed by atoms with Crippen LogP contribution in [0.1, 0.15) is 23.2 Å². The predicted octanol–water partition coefficient (Wildman–Crippen LogP) is 2.44. The third kappa shape index (κ3) is 3.62. The van der Waals surface area contributed by atoms with Crippen LogP contribution in [0.3, 0.4) is 0 Å². The molecule has 0 aliphatic rings. The van der Waals surface area contributed by atoms with E-state index in [9.17, 15) is 9.18 Å². The van der Waals surface area contributed by atoms with Gasteiger partial charge in [0.25, 0.3) is 0 Å². The Morgan fingerprint density at radius 3 is 2.75 bits per heavy atom. The number of benzene rings is 1. The molecule has 3 nitrogen and oxygen atoms in total. The van der Waals surface area contributed by atoms with E-state index in [0.29, 0.717) is 19.5 Å². The molecule has 1 aromatic rings. The molecule has 16 heavy (non-hydrogen) atoms. The number of aldehydes is 1. The van der Waals surface area contributed by atoms with E-state index in [1.807, 2.05) is 0 Å². The van der Waals surface area contributed by atoms with E-state index >= 15 is 0 Å². The van der Waals surface area contributed by atoms with Gasteiger partial charge in [-0.2, -0.15) is 0 Å². The quantitative estimate of drug-likeness (QED) is 0.529. The highest BCUT2D eigenvalue weighted by Crippen LogP contribution is 2.21. The van der Waals surface area contributed by atoms with Crippen molar-refractivity contribution in [3.63, 3.8) is 0 Å². The zero-order valence-corrected chi connectivity index (χ0v) is 9.24. The van der Waals surface area contributed by atoms with Crippen molar-refractivity contribution in [3.05, 3.63) is 29.6 Å². The number of hydrogen-bond donors (Lipinski definition) is 0. The predicted molar refractivity (Wildman–Crippen MR) is 58.4 cm³/mol. The van der Waals surface area contributed by atoms with E-state index in [1.54, 1.807) is 7.11 Å². The van der Waals surface area contributed by atoms with E-state index in [4.69, 9.17) is 9.47 Å². The van der Waals surface area contributed by atoms with Crippen molar-refractivity contribution in [3.8, 4) is 5.75 Å². The fourth-order valence-corrected chi connectivity index (χ4v) is 1.29. The second-order valence-electron chi connectivity index (χ2n) is 3.32. The molecule has 0 spiro atoms. The highest BCUT2D eigenvalue weighted by atomic mass is 19.1. The molecule has 0 bridgehead atoms. The number of ether oxygens (including phenoxy) is 2. The van der Waals surface area contributed by atoms with Crippen molar-refractivity contribution >= 4 is 6.29 Å². The third-order valence-corrected chi connectivity index (χ3v) is 2.11. The first kappa shape index (κ1) is 12.6. The number of para-hydroxylation sites is 1. The zero-order valence-electron chi connectivity index (χ0n) is 9.24. The van der Waals surface area contributed by atoms with Crippen LogP contribution < -0.4 is 4.74 Å². The van der Waals surface area contributed by atoms with E-state index in [0.717, 1.165) is 12.8 Å². The molecular weight excluding hydrogens is 211 g/mol. The summed E-state index contributed by atoms with van der Waals surface area (Å²) in [5, 5.41) is 0. The first-order chi connectivity index (χ1) is 7.79. The van der Waals surface area contributed by atoms with Crippen LogP contribution in [0.25, 0.3) is 0 Å². The maximum absolute atomic E-state index is 13.3. The molecule has 1 aromatic carbocycles. The van der Waals surface area contributed by atoms with Crippen LogP contribution in [0.5, 0.6) is 5.75 Å². The van der Waals surface area contributed by atoms with Gasteiger partial charge in [0.05, 0.1) is 12.2 Å². The lowest BCUT2D eigenvalue weighted by atomic mass is 10.2. The Hall–Kier alpha value is -1.42. The molecule has 0 amide bonds. The van der Waals surface area contributed by atoms with Crippen molar-refractivity contribution < 1.29 is 18.7 Å². The molecule has 0 aromatic heterocycles. The van der Waals surface area contributed by atoms with Gasteiger partial charge in [-0.15, -0.1) is 0 Å². The molecule has 0 atom stereocenters. The molecule has 0 fully saturated rings. The van der Waals surface area contributed by atoms with E-state index in [-0.39, 0.29) is 11.3 Å². The second kappa shape index (κ2) is 6.95. The maximum Gasteiger partial charge on any atom is 0.165 e. The normalized spacial score (nSPS) is 10.1. The van der Waals surface area contributed by atoms with E-state index < -0.39 is 5.82 Å². The van der Waals surface area contributed by atoms with Crippen LogP contribution in [-0.2, 0) is 4.74 Å². The molecule has 0 radical (unpaired) electrons. The molecule has 0 unspecified atom stereocenters. The molecule has 1 rings (SSSR count). The Labute approximate surface area is 94.2 Å². The van der Waals surface area contributed by atoms with Gasteiger partial charge in [0.15, 0.2) is 17.9 Å². The summed E-state index contributed by atoms with van der Waals surface area (Å²) < 4.78 is 23.4. The Morgan fingerprint density at radius 2 is 2.06 bits per heavy atom. The smallest absolute Gasteiger partial charge is 0.165 e. The average Bonchev–Trinajstić information content (AvgIpc) is 2.30. The van der Waals surface area contributed by atoms with Gasteiger partial charge in [-0.1, -0.05) is 6.07 Å². The second-order valence-corrected chi connectivity index (χ2v) is 3.32. The Morgan fingerprint density at radius 1 is 1.31 bits per heavy atom. The van der Waals surface area contributed by atoms with Gasteiger partial charge >= 0.3 is 0 Å². The minimum atomic E-state index is -0.503. The zero-order chi connectivity index (χ0) is 11.8. The molecule has 0 heterocycles. The van der Waals surface area contributed by atoms with Crippen molar-refractivity contribution in [1.82, 2.24) is 0 Å². The number of hydrogen-bond acceptors (Lipinski definition) is 3. The fourth-order valence-electron chi connectivity index (χ4n) is 1.29. The van der Waals surface area contributed by atoms with Crippen LogP contribution in [0, 0.1) is 5.82 Å². The van der Waals surface area contributed by atoms with E-state index in [1.165, 1.54) is 18.2 Å². The third-order valence-electron chi connectivity index (χ3n) is 2.11. The molecular formula is C12H15FO3. The summed E-state index contributed by atoms with van der Waals surface area (Å²) in [4.78, 5) is 10.6. The average molecular weight is 226 g/mol. The SMILES string of the molecule is COCCCCOc1c(F)cccc1C=O. The number of halogens is 1. The Balaban J connectivity index is 2.49. The summed E-state index contributed by atoms with van der Waals surface area (Å²) in [6.07, 6.45) is 2.20. The van der Waals surface area contributed by atoms with Gasteiger partial charge in [0.1, 0.15) is 0 Å². The minimum absolute atomic E-state index is 0.0370. The highest BCUT2D eigenvalue weighted by Gasteiger charge is 2.08. The van der Waals surface area contributed by atoms with Crippen molar-refractivity contribution in [2.24, 2.45) is 0 Å². The fraction of sp³-hybridized carbons (Fsp3) is 0.417. The maximum atomic E-state index is 13.3.